The summed E-state index contributed by atoms with van der Waals surface area (Å²) in [5.41, 5.74) is 1.62. The van der Waals surface area contributed by atoms with E-state index < -0.39 is 18.0 Å². The second-order valence-corrected chi connectivity index (χ2v) is 8.51. The van der Waals surface area contributed by atoms with Crippen molar-refractivity contribution in [1.82, 2.24) is 4.90 Å². The van der Waals surface area contributed by atoms with E-state index in [1.165, 1.54) is 49.6 Å². The van der Waals surface area contributed by atoms with Crippen LogP contribution in [0.5, 0.6) is 5.75 Å². The Balaban J connectivity index is 1.39. The molecule has 4 rings (SSSR count). The quantitative estimate of drug-likeness (QED) is 0.634. The van der Waals surface area contributed by atoms with Gasteiger partial charge in [0.15, 0.2) is 0 Å². The van der Waals surface area contributed by atoms with Gasteiger partial charge in [-0.2, -0.15) is 0 Å². The predicted molar refractivity (Wildman–Crippen MR) is 113 cm³/mol. The van der Waals surface area contributed by atoms with E-state index in [-0.39, 0.29) is 5.56 Å². The second kappa shape index (κ2) is 8.91. The van der Waals surface area contributed by atoms with Gasteiger partial charge in [0.2, 0.25) is 0 Å². The molecular weight excluding hydrogens is 405 g/mol. The lowest BCUT2D eigenvalue weighted by Crippen LogP contribution is -2.35. The lowest BCUT2D eigenvalue weighted by Gasteiger charge is -2.28. The highest BCUT2D eigenvalue weighted by molar-refractivity contribution is 6.06. The molecule has 2 fully saturated rings. The maximum atomic E-state index is 12.6. The second-order valence-electron chi connectivity index (χ2n) is 8.51. The molecule has 0 radical (unpaired) electrons. The molecule has 1 aliphatic heterocycles. The number of rotatable bonds is 5. The number of alkyl halides is 3. The third-order valence-electron chi connectivity index (χ3n) is 6.48. The summed E-state index contributed by atoms with van der Waals surface area (Å²) in [4.78, 5) is 15.2. The van der Waals surface area contributed by atoms with Crippen LogP contribution in [0.15, 0.2) is 48.5 Å². The smallest absolute Gasteiger partial charge is 0.405 e. The number of nitrogens with one attached hydrogen (secondary N) is 1. The van der Waals surface area contributed by atoms with Gasteiger partial charge in [-0.05, 0) is 81.3 Å². The molecule has 1 saturated carbocycles. The molecule has 0 unspecified atom stereocenters. The average Bonchev–Trinajstić information content (AvgIpc) is 3.36. The molecule has 0 bridgehead atoms. The monoisotopic (exact) mass is 432 g/mol. The minimum atomic E-state index is -4.86. The molecule has 0 aromatic heterocycles. The van der Waals surface area contributed by atoms with E-state index >= 15 is 0 Å². The summed E-state index contributed by atoms with van der Waals surface area (Å²) >= 11 is 0. The molecular formula is C24H27F3N2O2. The standard InChI is InChI=1S/C24H27F3N2O2/c1-16-5-4-14-29(16)20-13-10-18(15-20)17-8-11-19(12-9-17)28-23(30)21-6-2-3-7-22(21)31-24(25,26)27/h2-3,6-9,11-12,16,18,20H,4-5,10,13-15H2,1H3,(H,28,30)/t16-,18-,20-/m0/s1. The van der Waals surface area contributed by atoms with Crippen LogP contribution in [0.3, 0.4) is 0 Å². The zero-order chi connectivity index (χ0) is 22.0. The number of para-hydroxylation sites is 1. The van der Waals surface area contributed by atoms with Gasteiger partial charge in [-0.25, -0.2) is 0 Å². The third kappa shape index (κ3) is 5.21. The van der Waals surface area contributed by atoms with Crippen LogP contribution < -0.4 is 10.1 Å². The van der Waals surface area contributed by atoms with Crippen LogP contribution in [0.4, 0.5) is 18.9 Å². The molecule has 1 aliphatic carbocycles. The highest BCUT2D eigenvalue weighted by Gasteiger charge is 2.34. The van der Waals surface area contributed by atoms with Crippen LogP contribution >= 0.6 is 0 Å². The van der Waals surface area contributed by atoms with Gasteiger partial charge in [0, 0.05) is 17.8 Å². The summed E-state index contributed by atoms with van der Waals surface area (Å²) in [6.07, 6.45) is 1.23. The van der Waals surface area contributed by atoms with Gasteiger partial charge >= 0.3 is 6.36 Å². The highest BCUT2D eigenvalue weighted by Crippen LogP contribution is 2.39. The molecule has 2 aromatic rings. The van der Waals surface area contributed by atoms with Gasteiger partial charge < -0.3 is 10.1 Å². The largest absolute Gasteiger partial charge is 0.573 e. The number of likely N-dealkylation sites (tertiary alicyclic amines) is 1. The number of carbonyl (C=O) groups excluding carboxylic acids is 1. The number of hydrogen-bond donors (Lipinski definition) is 1. The fourth-order valence-electron chi connectivity index (χ4n) is 4.96. The van der Waals surface area contributed by atoms with E-state index in [1.54, 1.807) is 0 Å². The molecule has 2 aliphatic rings. The van der Waals surface area contributed by atoms with E-state index in [9.17, 15) is 18.0 Å². The Morgan fingerprint density at radius 1 is 1.06 bits per heavy atom. The van der Waals surface area contributed by atoms with Crippen molar-refractivity contribution in [2.24, 2.45) is 0 Å². The minimum Gasteiger partial charge on any atom is -0.405 e. The van der Waals surface area contributed by atoms with E-state index in [4.69, 9.17) is 0 Å². The van der Waals surface area contributed by atoms with E-state index in [0.29, 0.717) is 23.7 Å². The minimum absolute atomic E-state index is 0.165. The summed E-state index contributed by atoms with van der Waals surface area (Å²) in [7, 11) is 0. The molecule has 3 atom stereocenters. The van der Waals surface area contributed by atoms with Gasteiger partial charge in [0.25, 0.3) is 5.91 Å². The molecule has 7 heteroatoms. The number of carbonyl (C=O) groups is 1. The number of nitrogens with zero attached hydrogens (tertiary/aromatic N) is 1. The normalized spacial score (nSPS) is 24.3. The van der Waals surface area contributed by atoms with Crippen molar-refractivity contribution in [3.05, 3.63) is 59.7 Å². The van der Waals surface area contributed by atoms with E-state index in [2.05, 4.69) is 21.9 Å². The molecule has 1 N–H and O–H groups in total. The first-order valence-corrected chi connectivity index (χ1v) is 10.8. The van der Waals surface area contributed by atoms with Crippen molar-refractivity contribution in [3.8, 4) is 5.75 Å². The maximum absolute atomic E-state index is 12.6. The number of anilines is 1. The Bertz CT molecular complexity index is 914. The molecule has 4 nitrogen and oxygen atoms in total. The van der Waals surface area contributed by atoms with Gasteiger partial charge in [-0.3, -0.25) is 9.69 Å². The van der Waals surface area contributed by atoms with E-state index in [0.717, 1.165) is 18.9 Å². The van der Waals surface area contributed by atoms with Crippen LogP contribution in [-0.4, -0.2) is 35.8 Å². The van der Waals surface area contributed by atoms with Gasteiger partial charge in [0.1, 0.15) is 5.75 Å². The fraction of sp³-hybridized carbons (Fsp3) is 0.458. The average molecular weight is 432 g/mol. The number of benzene rings is 2. The van der Waals surface area contributed by atoms with Gasteiger partial charge in [-0.15, -0.1) is 13.2 Å². The van der Waals surface area contributed by atoms with Crippen molar-refractivity contribution >= 4 is 11.6 Å². The molecule has 31 heavy (non-hydrogen) atoms. The number of amides is 1. The van der Waals surface area contributed by atoms with E-state index in [1.807, 2.05) is 24.3 Å². The summed E-state index contributed by atoms with van der Waals surface area (Å²) in [6, 6.07) is 14.3. The third-order valence-corrected chi connectivity index (χ3v) is 6.48. The van der Waals surface area contributed by atoms with Crippen LogP contribution in [0.25, 0.3) is 0 Å². The van der Waals surface area contributed by atoms with Gasteiger partial charge in [-0.1, -0.05) is 24.3 Å². The topological polar surface area (TPSA) is 41.6 Å². The summed E-state index contributed by atoms with van der Waals surface area (Å²) in [6.45, 7) is 3.51. The summed E-state index contributed by atoms with van der Waals surface area (Å²) < 4.78 is 41.8. The van der Waals surface area contributed by atoms with Crippen molar-refractivity contribution in [2.75, 3.05) is 11.9 Å². The predicted octanol–water partition coefficient (Wildman–Crippen LogP) is 5.96. The Kier molecular flexibility index (Phi) is 6.23. The summed E-state index contributed by atoms with van der Waals surface area (Å²) in [5, 5.41) is 2.67. The molecule has 166 valence electrons. The van der Waals surface area contributed by atoms with Crippen LogP contribution in [0.1, 0.15) is 60.9 Å². The van der Waals surface area contributed by atoms with Crippen molar-refractivity contribution in [1.29, 1.82) is 0 Å². The lowest BCUT2D eigenvalue weighted by atomic mass is 9.97. The molecule has 1 heterocycles. The Morgan fingerprint density at radius 3 is 2.48 bits per heavy atom. The van der Waals surface area contributed by atoms with Crippen molar-refractivity contribution in [3.63, 3.8) is 0 Å². The lowest BCUT2D eigenvalue weighted by molar-refractivity contribution is -0.274. The SMILES string of the molecule is C[C@H]1CCCN1[C@H]1CC[C@H](c2ccc(NC(=O)c3ccccc3OC(F)(F)F)cc2)C1. The Labute approximate surface area is 180 Å². The van der Waals surface area contributed by atoms with Crippen LogP contribution in [-0.2, 0) is 0 Å². The zero-order valence-corrected chi connectivity index (χ0v) is 17.5. The fourth-order valence-corrected chi connectivity index (χ4v) is 4.96. The van der Waals surface area contributed by atoms with Crippen molar-refractivity contribution in [2.45, 2.75) is 63.4 Å². The van der Waals surface area contributed by atoms with Crippen LogP contribution in [0.2, 0.25) is 0 Å². The number of ether oxygens (including phenoxy) is 1. The zero-order valence-electron chi connectivity index (χ0n) is 17.5. The highest BCUT2D eigenvalue weighted by atomic mass is 19.4. The molecule has 0 spiro atoms. The van der Waals surface area contributed by atoms with Crippen LogP contribution in [0, 0.1) is 0 Å². The Hall–Kier alpha value is -2.54. The van der Waals surface area contributed by atoms with Gasteiger partial charge in [0.05, 0.1) is 5.56 Å². The summed E-state index contributed by atoms with van der Waals surface area (Å²) in [5.74, 6) is -0.655. The Morgan fingerprint density at radius 2 is 1.81 bits per heavy atom. The molecule has 1 saturated heterocycles. The molecule has 2 aromatic carbocycles. The number of hydrogen-bond acceptors (Lipinski definition) is 3. The number of halogens is 3. The first-order chi connectivity index (χ1) is 14.8. The first-order valence-electron chi connectivity index (χ1n) is 10.8. The molecule has 1 amide bonds. The van der Waals surface area contributed by atoms with Crippen molar-refractivity contribution < 1.29 is 22.7 Å². The maximum Gasteiger partial charge on any atom is 0.573 e. The first kappa shape index (κ1) is 21.7.